The zero-order valence-corrected chi connectivity index (χ0v) is 18.2. The second-order valence-corrected chi connectivity index (χ2v) is 8.50. The minimum atomic E-state index is -4.29. The van der Waals surface area contributed by atoms with E-state index in [9.17, 15) is 22.4 Å². The number of alkyl halides is 3. The molecule has 1 fully saturated rings. The van der Waals surface area contributed by atoms with Gasteiger partial charge in [-0.3, -0.25) is 4.79 Å². The second-order valence-electron chi connectivity index (χ2n) is 8.50. The van der Waals surface area contributed by atoms with E-state index in [1.165, 1.54) is 12.1 Å². The first-order valence-electron chi connectivity index (χ1n) is 10.6. The summed E-state index contributed by atoms with van der Waals surface area (Å²) >= 11 is 0. The van der Waals surface area contributed by atoms with Crippen molar-refractivity contribution < 1.29 is 27.1 Å². The van der Waals surface area contributed by atoms with Crippen LogP contribution >= 0.6 is 0 Å². The summed E-state index contributed by atoms with van der Waals surface area (Å²) in [5.41, 5.74) is 1.39. The van der Waals surface area contributed by atoms with Crippen molar-refractivity contribution in [3.8, 4) is 0 Å². The topological polar surface area (TPSA) is 41.6 Å². The molecular weight excluding hydrogens is 424 g/mol. The molecule has 3 rings (SSSR count). The van der Waals surface area contributed by atoms with E-state index in [2.05, 4.69) is 5.32 Å². The zero-order valence-electron chi connectivity index (χ0n) is 18.2. The van der Waals surface area contributed by atoms with E-state index in [1.54, 1.807) is 6.07 Å². The van der Waals surface area contributed by atoms with Crippen molar-refractivity contribution in [1.82, 2.24) is 10.2 Å². The normalized spacial score (nSPS) is 20.2. The van der Waals surface area contributed by atoms with Gasteiger partial charge in [0.2, 0.25) is 0 Å². The monoisotopic (exact) mass is 452 g/mol. The molecule has 0 bridgehead atoms. The van der Waals surface area contributed by atoms with Crippen molar-refractivity contribution in [1.29, 1.82) is 0 Å². The third kappa shape index (κ3) is 6.53. The van der Waals surface area contributed by atoms with Gasteiger partial charge in [0.05, 0.1) is 24.2 Å². The first-order valence-corrected chi connectivity index (χ1v) is 10.6. The van der Waals surface area contributed by atoms with Gasteiger partial charge in [-0.2, -0.15) is 13.2 Å². The number of carbonyl (C=O) groups is 1. The highest BCUT2D eigenvalue weighted by atomic mass is 19.4. The Balaban J connectivity index is 1.66. The number of nitrogens with zero attached hydrogens (tertiary/aromatic N) is 1. The molecule has 3 unspecified atom stereocenters. The van der Waals surface area contributed by atoms with E-state index in [1.807, 2.05) is 49.3 Å². The van der Waals surface area contributed by atoms with Gasteiger partial charge in [-0.15, -0.1) is 0 Å². The van der Waals surface area contributed by atoms with E-state index in [4.69, 9.17) is 4.74 Å². The van der Waals surface area contributed by atoms with Crippen LogP contribution in [0.2, 0.25) is 0 Å². The summed E-state index contributed by atoms with van der Waals surface area (Å²) in [7, 11) is 3.79. The molecular formula is C24H28F4N2O2. The van der Waals surface area contributed by atoms with Crippen LogP contribution in [0.15, 0.2) is 48.5 Å². The number of halogens is 4. The van der Waals surface area contributed by atoms with Crippen LogP contribution in [0.25, 0.3) is 0 Å². The van der Waals surface area contributed by atoms with Crippen LogP contribution in [0.3, 0.4) is 0 Å². The average Bonchev–Trinajstić information content (AvgIpc) is 2.73. The Morgan fingerprint density at radius 3 is 2.44 bits per heavy atom. The molecule has 1 heterocycles. The Morgan fingerprint density at radius 1 is 1.16 bits per heavy atom. The quantitative estimate of drug-likeness (QED) is 0.616. The lowest BCUT2D eigenvalue weighted by molar-refractivity contribution is -0.208. The van der Waals surface area contributed by atoms with Gasteiger partial charge in [0, 0.05) is 12.6 Å². The number of amides is 1. The molecule has 0 radical (unpaired) electrons. The Morgan fingerprint density at radius 2 is 1.88 bits per heavy atom. The van der Waals surface area contributed by atoms with Gasteiger partial charge in [0.1, 0.15) is 5.82 Å². The van der Waals surface area contributed by atoms with Crippen LogP contribution in [0.4, 0.5) is 17.6 Å². The summed E-state index contributed by atoms with van der Waals surface area (Å²) in [4.78, 5) is 14.7. The molecule has 1 aliphatic heterocycles. The number of ether oxygens (including phenoxy) is 1. The Labute approximate surface area is 185 Å². The highest BCUT2D eigenvalue weighted by Crippen LogP contribution is 2.38. The fraction of sp³-hybridized carbons (Fsp3) is 0.458. The van der Waals surface area contributed by atoms with Crippen molar-refractivity contribution in [2.24, 2.45) is 5.92 Å². The van der Waals surface area contributed by atoms with Gasteiger partial charge in [-0.05, 0) is 56.6 Å². The summed E-state index contributed by atoms with van der Waals surface area (Å²) in [6.07, 6.45) is -4.22. The molecule has 1 saturated heterocycles. The van der Waals surface area contributed by atoms with E-state index in [-0.39, 0.29) is 24.4 Å². The molecule has 1 amide bonds. The summed E-state index contributed by atoms with van der Waals surface area (Å²) in [5.74, 6) is -2.74. The van der Waals surface area contributed by atoms with Crippen molar-refractivity contribution in [2.45, 2.75) is 37.6 Å². The maximum Gasteiger partial charge on any atom is 0.394 e. The molecule has 0 aliphatic carbocycles. The first-order chi connectivity index (χ1) is 15.1. The second kappa shape index (κ2) is 10.4. The van der Waals surface area contributed by atoms with Crippen molar-refractivity contribution >= 4 is 5.91 Å². The van der Waals surface area contributed by atoms with Crippen LogP contribution in [-0.4, -0.2) is 50.3 Å². The van der Waals surface area contributed by atoms with Crippen molar-refractivity contribution in [2.75, 3.05) is 27.2 Å². The molecule has 1 aliphatic rings. The SMILES string of the molecule is CN(C)CC(Cc1ccccc1)NC(=O)c1ccc(C2CCC(C(F)(F)F)CO2)cc1F. The van der Waals surface area contributed by atoms with E-state index in [0.29, 0.717) is 18.5 Å². The van der Waals surface area contributed by atoms with Gasteiger partial charge in [0.25, 0.3) is 5.91 Å². The first kappa shape index (κ1) is 24.2. The number of hydrogen-bond donors (Lipinski definition) is 1. The maximum atomic E-state index is 14.8. The molecule has 2 aromatic carbocycles. The fourth-order valence-corrected chi connectivity index (χ4v) is 3.95. The van der Waals surface area contributed by atoms with Crippen LogP contribution in [0.1, 0.15) is 40.4 Å². The minimum Gasteiger partial charge on any atom is -0.373 e. The van der Waals surface area contributed by atoms with Crippen LogP contribution < -0.4 is 5.32 Å². The lowest BCUT2D eigenvalue weighted by Crippen LogP contribution is -2.43. The Hall–Kier alpha value is -2.45. The third-order valence-electron chi connectivity index (χ3n) is 5.59. The third-order valence-corrected chi connectivity index (χ3v) is 5.59. The molecule has 0 saturated carbocycles. The van der Waals surface area contributed by atoms with Crippen molar-refractivity contribution in [3.63, 3.8) is 0 Å². The van der Waals surface area contributed by atoms with Crippen LogP contribution in [0, 0.1) is 11.7 Å². The molecule has 174 valence electrons. The number of rotatable bonds is 7. The molecule has 1 N–H and O–H groups in total. The van der Waals surface area contributed by atoms with Gasteiger partial charge in [0.15, 0.2) is 0 Å². The Kier molecular flexibility index (Phi) is 7.90. The predicted molar refractivity (Wildman–Crippen MR) is 114 cm³/mol. The smallest absolute Gasteiger partial charge is 0.373 e. The molecule has 0 aromatic heterocycles. The number of benzene rings is 2. The molecule has 0 spiro atoms. The maximum absolute atomic E-state index is 14.8. The van der Waals surface area contributed by atoms with Gasteiger partial charge < -0.3 is 15.0 Å². The van der Waals surface area contributed by atoms with E-state index >= 15 is 0 Å². The summed E-state index contributed by atoms with van der Waals surface area (Å²) in [5, 5.41) is 2.90. The van der Waals surface area contributed by atoms with Gasteiger partial charge >= 0.3 is 6.18 Å². The molecule has 4 nitrogen and oxygen atoms in total. The van der Waals surface area contributed by atoms with Crippen molar-refractivity contribution in [3.05, 3.63) is 71.0 Å². The Bertz CT molecular complexity index is 895. The molecule has 2 aromatic rings. The predicted octanol–water partition coefficient (Wildman–Crippen LogP) is 4.76. The van der Waals surface area contributed by atoms with Gasteiger partial charge in [-0.25, -0.2) is 4.39 Å². The number of carbonyl (C=O) groups excluding carboxylic acids is 1. The molecule has 8 heteroatoms. The zero-order chi connectivity index (χ0) is 23.3. The van der Waals surface area contributed by atoms with E-state index < -0.39 is 36.5 Å². The highest BCUT2D eigenvalue weighted by Gasteiger charge is 2.42. The summed E-state index contributed by atoms with van der Waals surface area (Å²) in [6, 6.07) is 13.6. The number of hydrogen-bond acceptors (Lipinski definition) is 3. The summed E-state index contributed by atoms with van der Waals surface area (Å²) < 4.78 is 58.5. The lowest BCUT2D eigenvalue weighted by Gasteiger charge is -2.30. The number of nitrogens with one attached hydrogen (secondary N) is 1. The van der Waals surface area contributed by atoms with Crippen LogP contribution in [0.5, 0.6) is 0 Å². The van der Waals surface area contributed by atoms with Gasteiger partial charge in [-0.1, -0.05) is 36.4 Å². The largest absolute Gasteiger partial charge is 0.394 e. The summed E-state index contributed by atoms with van der Waals surface area (Å²) in [6.45, 7) is 0.139. The standard InChI is InChI=1S/C24H28F4N2O2/c1-30(2)14-19(12-16-6-4-3-5-7-16)29-23(31)20-10-8-17(13-21(20)25)22-11-9-18(15-32-22)24(26,27)28/h3-8,10,13,18-19,22H,9,11-12,14-15H2,1-2H3,(H,29,31). The number of likely N-dealkylation sites (N-methyl/N-ethyl adjacent to an activating group) is 1. The fourth-order valence-electron chi connectivity index (χ4n) is 3.95. The van der Waals surface area contributed by atoms with E-state index in [0.717, 1.165) is 5.56 Å². The minimum absolute atomic E-state index is 0.0657. The average molecular weight is 452 g/mol. The molecule has 32 heavy (non-hydrogen) atoms. The highest BCUT2D eigenvalue weighted by molar-refractivity contribution is 5.94. The van der Waals surface area contributed by atoms with Crippen LogP contribution in [-0.2, 0) is 11.2 Å². The lowest BCUT2D eigenvalue weighted by atomic mass is 9.93. The molecule has 3 atom stereocenters.